The average Bonchev–Trinajstić information content (AvgIpc) is 2.25. The summed E-state index contributed by atoms with van der Waals surface area (Å²) in [4.78, 5) is 20.9. The highest BCUT2D eigenvalue weighted by Gasteiger charge is 2.20. The number of non-ortho nitro benzene ring substituents is 1. The number of aliphatic carboxylic acids is 1. The maximum Gasteiger partial charge on any atom is 0.303 e. The van der Waals surface area contributed by atoms with Gasteiger partial charge in [0.2, 0.25) is 0 Å². The van der Waals surface area contributed by atoms with Gasteiger partial charge < -0.3 is 10.4 Å². The first kappa shape index (κ1) is 14.9. The van der Waals surface area contributed by atoms with Crippen molar-refractivity contribution < 1.29 is 14.8 Å². The zero-order chi connectivity index (χ0) is 14.6. The number of benzene rings is 1. The van der Waals surface area contributed by atoms with Crippen molar-refractivity contribution in [3.63, 3.8) is 0 Å². The summed E-state index contributed by atoms with van der Waals surface area (Å²) in [5.74, 6) is -0.856. The number of nitro groups is 1. The maximum atomic E-state index is 10.8. The third-order valence-corrected chi connectivity index (χ3v) is 2.72. The molecule has 6 heteroatoms. The predicted octanol–water partition coefficient (Wildman–Crippen LogP) is 2.96. The van der Waals surface area contributed by atoms with Crippen LogP contribution >= 0.6 is 0 Å². The van der Waals surface area contributed by atoms with Crippen molar-refractivity contribution in [2.24, 2.45) is 0 Å². The molecule has 19 heavy (non-hydrogen) atoms. The molecule has 0 amide bonds. The van der Waals surface area contributed by atoms with Crippen LogP contribution in [0.2, 0.25) is 0 Å². The first-order chi connectivity index (χ1) is 8.69. The molecule has 0 atom stereocenters. The lowest BCUT2D eigenvalue weighted by molar-refractivity contribution is -0.384. The van der Waals surface area contributed by atoms with Crippen molar-refractivity contribution in [2.75, 3.05) is 5.32 Å². The normalized spacial score (nSPS) is 11.1. The van der Waals surface area contributed by atoms with Crippen molar-refractivity contribution in [1.82, 2.24) is 0 Å². The molecule has 2 N–H and O–H groups in total. The fraction of sp³-hybridized carbons (Fsp3) is 0.462. The molecule has 0 aromatic heterocycles. The summed E-state index contributed by atoms with van der Waals surface area (Å²) in [6.45, 7) is 5.51. The van der Waals surface area contributed by atoms with E-state index in [0.29, 0.717) is 12.1 Å². The van der Waals surface area contributed by atoms with E-state index < -0.39 is 16.4 Å². The molecular formula is C13H18N2O4. The van der Waals surface area contributed by atoms with Gasteiger partial charge in [-0.2, -0.15) is 0 Å². The number of carboxylic acids is 1. The van der Waals surface area contributed by atoms with Crippen LogP contribution in [0.1, 0.15) is 32.3 Å². The van der Waals surface area contributed by atoms with Crippen molar-refractivity contribution >= 4 is 17.3 Å². The van der Waals surface area contributed by atoms with Gasteiger partial charge in [-0.1, -0.05) is 0 Å². The molecule has 0 bridgehead atoms. The number of hydrogen-bond acceptors (Lipinski definition) is 4. The average molecular weight is 266 g/mol. The van der Waals surface area contributed by atoms with E-state index >= 15 is 0 Å². The second-order valence-electron chi connectivity index (χ2n) is 5.22. The van der Waals surface area contributed by atoms with Crippen molar-refractivity contribution in [1.29, 1.82) is 0 Å². The van der Waals surface area contributed by atoms with E-state index in [0.717, 1.165) is 5.56 Å². The zero-order valence-electron chi connectivity index (χ0n) is 11.3. The van der Waals surface area contributed by atoms with E-state index in [9.17, 15) is 14.9 Å². The summed E-state index contributed by atoms with van der Waals surface area (Å²) in [5.41, 5.74) is 0.990. The van der Waals surface area contributed by atoms with Gasteiger partial charge in [-0.25, -0.2) is 0 Å². The molecule has 0 saturated carbocycles. The molecule has 0 aliphatic carbocycles. The van der Waals surface area contributed by atoms with Crippen LogP contribution in [0.4, 0.5) is 11.4 Å². The smallest absolute Gasteiger partial charge is 0.303 e. The number of carboxylic acid groups (broad SMARTS) is 1. The van der Waals surface area contributed by atoms with E-state index in [1.807, 2.05) is 13.8 Å². The highest BCUT2D eigenvalue weighted by Crippen LogP contribution is 2.25. The summed E-state index contributed by atoms with van der Waals surface area (Å²) in [6, 6.07) is 4.75. The molecule has 0 saturated heterocycles. The number of rotatable bonds is 6. The van der Waals surface area contributed by atoms with E-state index in [-0.39, 0.29) is 12.1 Å². The third-order valence-electron chi connectivity index (χ3n) is 2.72. The van der Waals surface area contributed by atoms with E-state index in [1.54, 1.807) is 13.0 Å². The first-order valence-corrected chi connectivity index (χ1v) is 5.96. The third kappa shape index (κ3) is 4.95. The fourth-order valence-electron chi connectivity index (χ4n) is 1.81. The Kier molecular flexibility index (Phi) is 4.47. The lowest BCUT2D eigenvalue weighted by atomic mass is 9.97. The minimum absolute atomic E-state index is 0.0246. The fourth-order valence-corrected chi connectivity index (χ4v) is 1.81. The quantitative estimate of drug-likeness (QED) is 0.610. The van der Waals surface area contributed by atoms with Crippen LogP contribution in [-0.4, -0.2) is 21.5 Å². The highest BCUT2D eigenvalue weighted by molar-refractivity contribution is 5.67. The van der Waals surface area contributed by atoms with Crippen LogP contribution in [0.5, 0.6) is 0 Å². The van der Waals surface area contributed by atoms with Gasteiger partial charge in [0, 0.05) is 29.8 Å². The van der Waals surface area contributed by atoms with E-state index in [4.69, 9.17) is 5.11 Å². The number of carbonyl (C=O) groups is 1. The van der Waals surface area contributed by atoms with Gasteiger partial charge >= 0.3 is 5.97 Å². The largest absolute Gasteiger partial charge is 0.481 e. The molecule has 0 unspecified atom stereocenters. The van der Waals surface area contributed by atoms with Crippen LogP contribution in [0, 0.1) is 17.0 Å². The molecular weight excluding hydrogens is 248 g/mol. The van der Waals surface area contributed by atoms with Gasteiger partial charge in [0.1, 0.15) is 0 Å². The number of aryl methyl sites for hydroxylation is 1. The Bertz CT molecular complexity index is 497. The number of nitrogens with one attached hydrogen (secondary N) is 1. The van der Waals surface area contributed by atoms with Crippen LogP contribution in [-0.2, 0) is 4.79 Å². The number of hydrogen-bond donors (Lipinski definition) is 2. The Morgan fingerprint density at radius 2 is 2.05 bits per heavy atom. The monoisotopic (exact) mass is 266 g/mol. The zero-order valence-corrected chi connectivity index (χ0v) is 11.3. The summed E-state index contributed by atoms with van der Waals surface area (Å²) in [7, 11) is 0. The van der Waals surface area contributed by atoms with Crippen LogP contribution in [0.25, 0.3) is 0 Å². The van der Waals surface area contributed by atoms with E-state index in [2.05, 4.69) is 5.32 Å². The van der Waals surface area contributed by atoms with Gasteiger partial charge in [-0.15, -0.1) is 0 Å². The minimum atomic E-state index is -0.856. The second-order valence-corrected chi connectivity index (χ2v) is 5.22. The SMILES string of the molecule is Cc1cc(NC(C)(C)CCC(=O)O)cc([N+](=O)[O-])c1. The Labute approximate surface area is 111 Å². The van der Waals surface area contributed by atoms with Gasteiger partial charge in [0.25, 0.3) is 5.69 Å². The Balaban J connectivity index is 2.86. The maximum absolute atomic E-state index is 10.8. The second kappa shape index (κ2) is 5.69. The molecule has 0 radical (unpaired) electrons. The van der Waals surface area contributed by atoms with Crippen LogP contribution < -0.4 is 5.32 Å². The van der Waals surface area contributed by atoms with Gasteiger partial charge in [0.05, 0.1) is 4.92 Å². The summed E-state index contributed by atoms with van der Waals surface area (Å²) in [6.07, 6.45) is 0.484. The predicted molar refractivity (Wildman–Crippen MR) is 72.4 cm³/mol. The lowest BCUT2D eigenvalue weighted by Gasteiger charge is -2.27. The molecule has 0 fully saturated rings. The van der Waals surface area contributed by atoms with Crippen molar-refractivity contribution in [3.8, 4) is 0 Å². The molecule has 6 nitrogen and oxygen atoms in total. The summed E-state index contributed by atoms with van der Waals surface area (Å²) < 4.78 is 0. The van der Waals surface area contributed by atoms with Crippen molar-refractivity contribution in [3.05, 3.63) is 33.9 Å². The number of anilines is 1. The van der Waals surface area contributed by atoms with Gasteiger partial charge in [-0.05, 0) is 38.8 Å². The van der Waals surface area contributed by atoms with E-state index in [1.165, 1.54) is 12.1 Å². The number of nitrogens with zero attached hydrogens (tertiary/aromatic N) is 1. The standard InChI is InChI=1S/C13H18N2O4/c1-9-6-10(8-11(7-9)15(18)19)14-13(2,3)5-4-12(16)17/h6-8,14H,4-5H2,1-3H3,(H,16,17). The van der Waals surface area contributed by atoms with Crippen LogP contribution in [0.3, 0.4) is 0 Å². The molecule has 0 aliphatic heterocycles. The molecule has 0 heterocycles. The van der Waals surface area contributed by atoms with Gasteiger partial charge in [-0.3, -0.25) is 14.9 Å². The number of nitro benzene ring substituents is 1. The minimum Gasteiger partial charge on any atom is -0.481 e. The molecule has 104 valence electrons. The molecule has 1 aromatic rings. The van der Waals surface area contributed by atoms with Crippen LogP contribution in [0.15, 0.2) is 18.2 Å². The highest BCUT2D eigenvalue weighted by atomic mass is 16.6. The molecule has 0 aliphatic rings. The Hall–Kier alpha value is -2.11. The topological polar surface area (TPSA) is 92.5 Å². The summed E-state index contributed by atoms with van der Waals surface area (Å²) >= 11 is 0. The summed E-state index contributed by atoms with van der Waals surface area (Å²) in [5, 5.41) is 22.6. The Morgan fingerprint density at radius 3 is 2.58 bits per heavy atom. The Morgan fingerprint density at radius 1 is 1.42 bits per heavy atom. The lowest BCUT2D eigenvalue weighted by Crippen LogP contribution is -2.31. The van der Waals surface area contributed by atoms with Crippen molar-refractivity contribution in [2.45, 2.75) is 39.2 Å². The molecule has 0 spiro atoms. The molecule has 1 aromatic carbocycles. The first-order valence-electron chi connectivity index (χ1n) is 5.96. The molecule has 1 rings (SSSR count). The van der Waals surface area contributed by atoms with Gasteiger partial charge in [0.15, 0.2) is 0 Å².